The Morgan fingerprint density at radius 3 is 2.63 bits per heavy atom. The summed E-state index contributed by atoms with van der Waals surface area (Å²) in [5.41, 5.74) is 8.46. The molecule has 0 bridgehead atoms. The summed E-state index contributed by atoms with van der Waals surface area (Å²) in [6, 6.07) is 18.5. The number of rotatable bonds is 9. The maximum absolute atomic E-state index is 12.3. The number of aromatic nitrogens is 2. The first-order valence-corrected chi connectivity index (χ1v) is 9.59. The number of nitriles is 1. The molecule has 3 rings (SSSR count). The van der Waals surface area contributed by atoms with Crippen molar-refractivity contribution in [3.8, 4) is 17.5 Å². The number of aryl methyl sites for hydroxylation is 1. The average molecular weight is 401 g/mol. The third-order valence-electron chi connectivity index (χ3n) is 4.47. The molecule has 2 aromatic carbocycles. The van der Waals surface area contributed by atoms with E-state index in [1.807, 2.05) is 30.3 Å². The number of hydrogen-bond donors (Lipinski definition) is 2. The molecule has 30 heavy (non-hydrogen) atoms. The number of carbonyl (C=O) groups excluding carboxylic acids is 1. The molecule has 0 saturated heterocycles. The Morgan fingerprint density at radius 2 is 1.97 bits per heavy atom. The predicted octanol–water partition coefficient (Wildman–Crippen LogP) is 3.25. The van der Waals surface area contributed by atoms with Gasteiger partial charge in [0.25, 0.3) is 5.91 Å². The molecule has 0 unspecified atom stereocenters. The van der Waals surface area contributed by atoms with Crippen LogP contribution in [0.5, 0.6) is 5.75 Å². The maximum Gasteiger partial charge on any atom is 0.251 e. The van der Waals surface area contributed by atoms with Gasteiger partial charge < -0.3 is 15.8 Å². The van der Waals surface area contributed by atoms with Crippen molar-refractivity contribution >= 4 is 11.7 Å². The summed E-state index contributed by atoms with van der Waals surface area (Å²) in [6.07, 6.45) is 2.82. The zero-order chi connectivity index (χ0) is 21.3. The van der Waals surface area contributed by atoms with Gasteiger partial charge in [-0.3, -0.25) is 4.79 Å². The zero-order valence-electron chi connectivity index (χ0n) is 16.5. The van der Waals surface area contributed by atoms with Crippen LogP contribution in [0.15, 0.2) is 67.3 Å². The number of ether oxygens (including phenoxy) is 1. The summed E-state index contributed by atoms with van der Waals surface area (Å²) in [5.74, 6) is 0.837. The van der Waals surface area contributed by atoms with Crippen LogP contribution >= 0.6 is 0 Å². The van der Waals surface area contributed by atoms with Gasteiger partial charge in [0, 0.05) is 12.1 Å². The van der Waals surface area contributed by atoms with Gasteiger partial charge in [-0.15, -0.1) is 0 Å². The van der Waals surface area contributed by atoms with Gasteiger partial charge in [0.05, 0.1) is 11.4 Å². The second-order valence-electron chi connectivity index (χ2n) is 6.55. The fourth-order valence-electron chi connectivity index (χ4n) is 2.96. The van der Waals surface area contributed by atoms with E-state index in [0.29, 0.717) is 54.4 Å². The number of hydrogen-bond acceptors (Lipinski definition) is 5. The summed E-state index contributed by atoms with van der Waals surface area (Å²) < 4.78 is 6.98. The Morgan fingerprint density at radius 1 is 1.23 bits per heavy atom. The minimum atomic E-state index is -0.167. The van der Waals surface area contributed by atoms with Crippen LogP contribution in [-0.2, 0) is 6.42 Å². The topological polar surface area (TPSA) is 106 Å². The molecule has 0 saturated carbocycles. The van der Waals surface area contributed by atoms with E-state index in [9.17, 15) is 10.1 Å². The van der Waals surface area contributed by atoms with Gasteiger partial charge in [-0.25, -0.2) is 4.68 Å². The SMILES string of the molecule is C=CCOc1ccc(C(=O)NCCCc2nn(-c3ccccc3)c(N)c2C#N)cc1. The smallest absolute Gasteiger partial charge is 0.251 e. The molecule has 0 aliphatic carbocycles. The Kier molecular flexibility index (Phi) is 6.85. The Balaban J connectivity index is 1.56. The van der Waals surface area contributed by atoms with E-state index < -0.39 is 0 Å². The molecule has 0 radical (unpaired) electrons. The van der Waals surface area contributed by atoms with Crippen LogP contribution in [0.4, 0.5) is 5.82 Å². The second-order valence-corrected chi connectivity index (χ2v) is 6.55. The van der Waals surface area contributed by atoms with Crippen LogP contribution in [0.25, 0.3) is 5.69 Å². The number of nitrogens with one attached hydrogen (secondary N) is 1. The number of para-hydroxylation sites is 1. The Bertz CT molecular complexity index is 1050. The van der Waals surface area contributed by atoms with E-state index in [4.69, 9.17) is 10.5 Å². The van der Waals surface area contributed by atoms with Crippen LogP contribution in [-0.4, -0.2) is 28.8 Å². The monoisotopic (exact) mass is 401 g/mol. The number of nitrogens with zero attached hydrogens (tertiary/aromatic N) is 3. The molecule has 0 atom stereocenters. The highest BCUT2D eigenvalue weighted by atomic mass is 16.5. The lowest BCUT2D eigenvalue weighted by atomic mass is 10.1. The van der Waals surface area contributed by atoms with Crippen LogP contribution in [0.2, 0.25) is 0 Å². The van der Waals surface area contributed by atoms with E-state index in [-0.39, 0.29) is 5.91 Å². The molecule has 3 aromatic rings. The number of nitrogen functional groups attached to an aromatic ring is 1. The van der Waals surface area contributed by atoms with Gasteiger partial charge in [0.15, 0.2) is 0 Å². The van der Waals surface area contributed by atoms with Gasteiger partial charge in [0.2, 0.25) is 0 Å². The van der Waals surface area contributed by atoms with E-state index >= 15 is 0 Å². The molecule has 3 N–H and O–H groups in total. The Hall–Kier alpha value is -4.05. The van der Waals surface area contributed by atoms with Crippen molar-refractivity contribution in [3.63, 3.8) is 0 Å². The zero-order valence-corrected chi connectivity index (χ0v) is 16.5. The molecule has 1 aromatic heterocycles. The van der Waals surface area contributed by atoms with Crippen LogP contribution in [0.3, 0.4) is 0 Å². The summed E-state index contributed by atoms with van der Waals surface area (Å²) >= 11 is 0. The van der Waals surface area contributed by atoms with Gasteiger partial charge >= 0.3 is 0 Å². The normalized spacial score (nSPS) is 10.2. The minimum Gasteiger partial charge on any atom is -0.490 e. The van der Waals surface area contributed by atoms with Crippen molar-refractivity contribution in [1.29, 1.82) is 5.26 Å². The van der Waals surface area contributed by atoms with Crippen LogP contribution < -0.4 is 15.8 Å². The van der Waals surface area contributed by atoms with Gasteiger partial charge in [-0.1, -0.05) is 30.9 Å². The number of amides is 1. The predicted molar refractivity (Wildman–Crippen MR) is 115 cm³/mol. The van der Waals surface area contributed by atoms with E-state index in [0.717, 1.165) is 5.69 Å². The standard InChI is InChI=1S/C23H23N5O2/c1-2-15-30-19-12-10-17(11-13-19)23(29)26-14-6-9-21-20(16-24)22(25)28(27-21)18-7-4-3-5-8-18/h2-5,7-8,10-13H,1,6,9,14-15,25H2,(H,26,29). The van der Waals surface area contributed by atoms with E-state index in [2.05, 4.69) is 23.1 Å². The third-order valence-corrected chi connectivity index (χ3v) is 4.47. The number of nitrogens with two attached hydrogens (primary N) is 1. The first kappa shape index (κ1) is 20.7. The number of benzene rings is 2. The number of anilines is 1. The second kappa shape index (κ2) is 9.94. The molecule has 152 valence electrons. The quantitative estimate of drug-likeness (QED) is 0.423. The van der Waals surface area contributed by atoms with Crippen molar-refractivity contribution < 1.29 is 9.53 Å². The van der Waals surface area contributed by atoms with Gasteiger partial charge in [-0.05, 0) is 49.2 Å². The van der Waals surface area contributed by atoms with Crippen molar-refractivity contribution in [1.82, 2.24) is 15.1 Å². The fraction of sp³-hybridized carbons (Fsp3) is 0.174. The first-order valence-electron chi connectivity index (χ1n) is 9.59. The average Bonchev–Trinajstić information content (AvgIpc) is 3.11. The molecule has 0 spiro atoms. The van der Waals surface area contributed by atoms with Crippen molar-refractivity contribution in [2.45, 2.75) is 12.8 Å². The lowest BCUT2D eigenvalue weighted by Gasteiger charge is -2.06. The van der Waals surface area contributed by atoms with Crippen molar-refractivity contribution in [2.75, 3.05) is 18.9 Å². The molecule has 1 heterocycles. The highest BCUT2D eigenvalue weighted by molar-refractivity contribution is 5.94. The molecular weight excluding hydrogens is 378 g/mol. The molecule has 0 aliphatic heterocycles. The summed E-state index contributed by atoms with van der Waals surface area (Å²) in [6.45, 7) is 4.47. The lowest BCUT2D eigenvalue weighted by Crippen LogP contribution is -2.24. The van der Waals surface area contributed by atoms with Crippen molar-refractivity contribution in [2.24, 2.45) is 0 Å². The summed E-state index contributed by atoms with van der Waals surface area (Å²) in [5, 5.41) is 16.8. The Labute approximate surface area is 175 Å². The van der Waals surface area contributed by atoms with Gasteiger partial charge in [-0.2, -0.15) is 10.4 Å². The van der Waals surface area contributed by atoms with E-state index in [1.54, 1.807) is 35.0 Å². The minimum absolute atomic E-state index is 0.167. The van der Waals surface area contributed by atoms with Crippen molar-refractivity contribution in [3.05, 3.63) is 84.1 Å². The lowest BCUT2D eigenvalue weighted by molar-refractivity contribution is 0.0953. The highest BCUT2D eigenvalue weighted by Gasteiger charge is 2.16. The fourth-order valence-corrected chi connectivity index (χ4v) is 2.96. The highest BCUT2D eigenvalue weighted by Crippen LogP contribution is 2.21. The molecule has 1 amide bonds. The number of carbonyl (C=O) groups is 1. The first-order chi connectivity index (χ1) is 14.6. The largest absolute Gasteiger partial charge is 0.490 e. The molecule has 0 fully saturated rings. The molecule has 7 nitrogen and oxygen atoms in total. The summed E-state index contributed by atoms with van der Waals surface area (Å²) in [7, 11) is 0. The van der Waals surface area contributed by atoms with Gasteiger partial charge in [0.1, 0.15) is 29.8 Å². The third kappa shape index (κ3) is 4.86. The van der Waals surface area contributed by atoms with Crippen LogP contribution in [0.1, 0.15) is 28.0 Å². The van der Waals surface area contributed by atoms with E-state index in [1.165, 1.54) is 0 Å². The van der Waals surface area contributed by atoms with Crippen LogP contribution in [0, 0.1) is 11.3 Å². The maximum atomic E-state index is 12.3. The molecular formula is C23H23N5O2. The molecule has 0 aliphatic rings. The molecule has 7 heteroatoms. The summed E-state index contributed by atoms with van der Waals surface area (Å²) in [4.78, 5) is 12.3.